The normalized spacial score (nSPS) is 12.0. The molecule has 0 aromatic heterocycles. The molecule has 0 aliphatic rings. The second kappa shape index (κ2) is 6.14. The molecule has 0 radical (unpaired) electrons. The number of carbonyl (C=O) groups is 2. The third kappa shape index (κ3) is 3.08. The maximum absolute atomic E-state index is 12.7. The van der Waals surface area contributed by atoms with Gasteiger partial charge in [-0.1, -0.05) is 18.2 Å². The van der Waals surface area contributed by atoms with Gasteiger partial charge < -0.3 is 5.11 Å². The molecule has 1 N–H and O–H groups in total. The highest BCUT2D eigenvalue weighted by Gasteiger charge is 2.17. The first kappa shape index (κ1) is 16.0. The van der Waals surface area contributed by atoms with Crippen LogP contribution in [-0.4, -0.2) is 16.9 Å². The predicted molar refractivity (Wildman–Crippen MR) is 86.6 cm³/mol. The largest absolute Gasteiger partial charge is 0.481 e. The standard InChI is InChI=1S/C19H20O3/c1-11-8-17(9-12(2)13(11)3)18(20)16-7-5-6-15(10-16)14(4)19(21)22/h5-10,14H,1-4H3,(H,21,22). The SMILES string of the molecule is Cc1cc(C(=O)c2cccc(C(C)C(=O)O)c2)cc(C)c1C. The van der Waals surface area contributed by atoms with E-state index >= 15 is 0 Å². The van der Waals surface area contributed by atoms with Crippen molar-refractivity contribution in [2.45, 2.75) is 33.6 Å². The maximum Gasteiger partial charge on any atom is 0.310 e. The fourth-order valence-corrected chi connectivity index (χ4v) is 2.43. The van der Waals surface area contributed by atoms with Gasteiger partial charge in [0.15, 0.2) is 5.78 Å². The predicted octanol–water partition coefficient (Wildman–Crippen LogP) is 4.03. The Hall–Kier alpha value is -2.42. The molecule has 0 saturated heterocycles. The lowest BCUT2D eigenvalue weighted by molar-refractivity contribution is -0.138. The van der Waals surface area contributed by atoms with Crippen LogP contribution in [0.5, 0.6) is 0 Å². The van der Waals surface area contributed by atoms with Gasteiger partial charge in [0.2, 0.25) is 0 Å². The molecule has 2 rings (SSSR count). The second-order valence-corrected chi connectivity index (χ2v) is 5.75. The summed E-state index contributed by atoms with van der Waals surface area (Å²) in [6.07, 6.45) is 0. The molecule has 114 valence electrons. The summed E-state index contributed by atoms with van der Waals surface area (Å²) in [7, 11) is 0. The minimum absolute atomic E-state index is 0.0781. The first-order valence-corrected chi connectivity index (χ1v) is 7.26. The van der Waals surface area contributed by atoms with Crippen LogP contribution in [-0.2, 0) is 4.79 Å². The Morgan fingerprint density at radius 3 is 2.09 bits per heavy atom. The molecule has 0 bridgehead atoms. The Morgan fingerprint density at radius 1 is 0.955 bits per heavy atom. The van der Waals surface area contributed by atoms with Gasteiger partial charge in [-0.15, -0.1) is 0 Å². The number of ketones is 1. The van der Waals surface area contributed by atoms with Gasteiger partial charge in [-0.25, -0.2) is 0 Å². The molecule has 2 aromatic rings. The Balaban J connectivity index is 2.42. The average Bonchev–Trinajstić information content (AvgIpc) is 2.50. The molecule has 0 amide bonds. The summed E-state index contributed by atoms with van der Waals surface area (Å²) in [4.78, 5) is 23.8. The van der Waals surface area contributed by atoms with E-state index in [1.807, 2.05) is 32.9 Å². The topological polar surface area (TPSA) is 54.4 Å². The third-order valence-electron chi connectivity index (χ3n) is 4.21. The zero-order chi connectivity index (χ0) is 16.4. The second-order valence-electron chi connectivity index (χ2n) is 5.75. The van der Waals surface area contributed by atoms with Crippen LogP contribution in [0.2, 0.25) is 0 Å². The summed E-state index contributed by atoms with van der Waals surface area (Å²) in [6.45, 7) is 7.63. The number of hydrogen-bond donors (Lipinski definition) is 1. The minimum Gasteiger partial charge on any atom is -0.481 e. The van der Waals surface area contributed by atoms with Gasteiger partial charge in [0, 0.05) is 11.1 Å². The zero-order valence-corrected chi connectivity index (χ0v) is 13.3. The van der Waals surface area contributed by atoms with Crippen molar-refractivity contribution in [1.29, 1.82) is 0 Å². The molecule has 0 aliphatic heterocycles. The number of carboxylic acid groups (broad SMARTS) is 1. The highest BCUT2D eigenvalue weighted by molar-refractivity contribution is 6.09. The summed E-state index contributed by atoms with van der Waals surface area (Å²) >= 11 is 0. The van der Waals surface area contributed by atoms with E-state index in [-0.39, 0.29) is 5.78 Å². The smallest absolute Gasteiger partial charge is 0.310 e. The number of aryl methyl sites for hydroxylation is 2. The lowest BCUT2D eigenvalue weighted by Gasteiger charge is -2.11. The number of hydrogen-bond acceptors (Lipinski definition) is 2. The lowest BCUT2D eigenvalue weighted by Crippen LogP contribution is -2.09. The number of aliphatic carboxylic acids is 1. The molecule has 0 aliphatic carbocycles. The molecular formula is C19H20O3. The van der Waals surface area contributed by atoms with Crippen molar-refractivity contribution in [2.24, 2.45) is 0 Å². The summed E-state index contributed by atoms with van der Waals surface area (Å²) < 4.78 is 0. The molecule has 2 aromatic carbocycles. The average molecular weight is 296 g/mol. The van der Waals surface area contributed by atoms with Crippen LogP contribution in [0.1, 0.15) is 51.0 Å². The van der Waals surface area contributed by atoms with Crippen LogP contribution >= 0.6 is 0 Å². The van der Waals surface area contributed by atoms with E-state index in [0.717, 1.165) is 11.1 Å². The van der Waals surface area contributed by atoms with Crippen LogP contribution in [0.25, 0.3) is 0 Å². The molecule has 22 heavy (non-hydrogen) atoms. The van der Waals surface area contributed by atoms with Crippen LogP contribution in [0.15, 0.2) is 36.4 Å². The van der Waals surface area contributed by atoms with Crippen LogP contribution in [0, 0.1) is 20.8 Å². The fraction of sp³-hybridized carbons (Fsp3) is 0.263. The van der Waals surface area contributed by atoms with Gasteiger partial charge in [-0.05, 0) is 68.1 Å². The summed E-state index contributed by atoms with van der Waals surface area (Å²) in [5.74, 6) is -1.61. The Kier molecular flexibility index (Phi) is 4.45. The van der Waals surface area contributed by atoms with E-state index in [1.54, 1.807) is 31.2 Å². The van der Waals surface area contributed by atoms with Crippen molar-refractivity contribution in [2.75, 3.05) is 0 Å². The number of rotatable bonds is 4. The van der Waals surface area contributed by atoms with E-state index in [2.05, 4.69) is 0 Å². The van der Waals surface area contributed by atoms with E-state index < -0.39 is 11.9 Å². The van der Waals surface area contributed by atoms with E-state index in [4.69, 9.17) is 5.11 Å². The number of carboxylic acids is 1. The summed E-state index contributed by atoms with van der Waals surface area (Å²) in [6, 6.07) is 10.6. The van der Waals surface area contributed by atoms with Crippen molar-refractivity contribution in [3.63, 3.8) is 0 Å². The van der Waals surface area contributed by atoms with Gasteiger partial charge >= 0.3 is 5.97 Å². The lowest BCUT2D eigenvalue weighted by atomic mass is 9.93. The minimum atomic E-state index is -0.897. The van der Waals surface area contributed by atoms with Gasteiger partial charge in [-0.2, -0.15) is 0 Å². The first-order chi connectivity index (χ1) is 10.3. The van der Waals surface area contributed by atoms with E-state index in [1.165, 1.54) is 5.56 Å². The number of benzene rings is 2. The zero-order valence-electron chi connectivity index (χ0n) is 13.3. The summed E-state index contributed by atoms with van der Waals surface area (Å²) in [5, 5.41) is 9.10. The molecule has 0 fully saturated rings. The summed E-state index contributed by atoms with van der Waals surface area (Å²) in [5.41, 5.74) is 5.15. The van der Waals surface area contributed by atoms with E-state index in [0.29, 0.717) is 16.7 Å². The molecule has 1 unspecified atom stereocenters. The fourth-order valence-electron chi connectivity index (χ4n) is 2.43. The molecule has 0 spiro atoms. The van der Waals surface area contributed by atoms with Crippen LogP contribution < -0.4 is 0 Å². The Morgan fingerprint density at radius 2 is 1.55 bits per heavy atom. The van der Waals surface area contributed by atoms with Crippen molar-refractivity contribution >= 4 is 11.8 Å². The molecule has 3 nitrogen and oxygen atoms in total. The highest BCUT2D eigenvalue weighted by atomic mass is 16.4. The van der Waals surface area contributed by atoms with Crippen molar-refractivity contribution in [1.82, 2.24) is 0 Å². The first-order valence-electron chi connectivity index (χ1n) is 7.26. The quantitative estimate of drug-likeness (QED) is 0.867. The van der Waals surface area contributed by atoms with Crippen molar-refractivity contribution in [3.05, 3.63) is 69.8 Å². The molecular weight excluding hydrogens is 276 g/mol. The third-order valence-corrected chi connectivity index (χ3v) is 4.21. The van der Waals surface area contributed by atoms with Crippen molar-refractivity contribution < 1.29 is 14.7 Å². The van der Waals surface area contributed by atoms with Gasteiger partial charge in [0.1, 0.15) is 0 Å². The molecule has 0 heterocycles. The number of carbonyl (C=O) groups excluding carboxylic acids is 1. The van der Waals surface area contributed by atoms with Gasteiger partial charge in [-0.3, -0.25) is 9.59 Å². The van der Waals surface area contributed by atoms with Crippen molar-refractivity contribution in [3.8, 4) is 0 Å². The molecule has 0 saturated carbocycles. The van der Waals surface area contributed by atoms with Crippen LogP contribution in [0.4, 0.5) is 0 Å². The van der Waals surface area contributed by atoms with E-state index in [9.17, 15) is 9.59 Å². The monoisotopic (exact) mass is 296 g/mol. The van der Waals surface area contributed by atoms with Gasteiger partial charge in [0.25, 0.3) is 0 Å². The maximum atomic E-state index is 12.7. The Labute approximate surface area is 130 Å². The molecule has 3 heteroatoms. The van der Waals surface area contributed by atoms with Gasteiger partial charge in [0.05, 0.1) is 5.92 Å². The highest BCUT2D eigenvalue weighted by Crippen LogP contribution is 2.21. The molecule has 1 atom stereocenters. The van der Waals surface area contributed by atoms with Crippen LogP contribution in [0.3, 0.4) is 0 Å². The Bertz CT molecular complexity index is 721.